The van der Waals surface area contributed by atoms with Crippen molar-refractivity contribution < 1.29 is 4.79 Å². The van der Waals surface area contributed by atoms with E-state index in [2.05, 4.69) is 0 Å². The lowest BCUT2D eigenvalue weighted by molar-refractivity contribution is -0.119. The monoisotopic (exact) mass is 205 g/mol. The second kappa shape index (κ2) is 5.54. The van der Waals surface area contributed by atoms with E-state index < -0.39 is 0 Å². The lowest BCUT2D eigenvalue weighted by Crippen LogP contribution is -2.25. The Morgan fingerprint density at radius 2 is 1.80 bits per heavy atom. The Morgan fingerprint density at radius 3 is 2.27 bits per heavy atom. The maximum absolute atomic E-state index is 11.6. The Labute approximate surface area is 91.9 Å². The molecule has 1 aliphatic rings. The van der Waals surface area contributed by atoms with Gasteiger partial charge in [-0.2, -0.15) is 0 Å². The maximum Gasteiger partial charge on any atom is 0.229 e. The van der Waals surface area contributed by atoms with Crippen LogP contribution in [0.15, 0.2) is 30.3 Å². The van der Waals surface area contributed by atoms with Gasteiger partial charge in [0.25, 0.3) is 0 Å². The summed E-state index contributed by atoms with van der Waals surface area (Å²) < 4.78 is 0. The van der Waals surface area contributed by atoms with Crippen molar-refractivity contribution in [3.05, 3.63) is 30.3 Å². The molecule has 1 unspecified atom stereocenters. The summed E-state index contributed by atoms with van der Waals surface area (Å²) in [6.07, 6.45) is 0.980. The van der Waals surface area contributed by atoms with Crippen molar-refractivity contribution in [1.29, 1.82) is 0 Å². The molecular formula is C13H19NO. The molecule has 1 heterocycles. The van der Waals surface area contributed by atoms with E-state index in [1.54, 1.807) is 0 Å². The maximum atomic E-state index is 11.6. The van der Waals surface area contributed by atoms with E-state index >= 15 is 0 Å². The minimum atomic E-state index is 0.195. The smallest absolute Gasteiger partial charge is 0.229 e. The molecule has 0 aromatic heterocycles. The van der Waals surface area contributed by atoms with Crippen molar-refractivity contribution in [3.63, 3.8) is 0 Å². The SMILES string of the molecule is CC.CC1CCN(c2ccccc2)C1=O. The number of hydrogen-bond acceptors (Lipinski definition) is 1. The first kappa shape index (κ1) is 11.8. The van der Waals surface area contributed by atoms with Crippen molar-refractivity contribution in [2.45, 2.75) is 27.2 Å². The molecule has 0 spiro atoms. The molecular weight excluding hydrogens is 186 g/mol. The van der Waals surface area contributed by atoms with Gasteiger partial charge in [-0.3, -0.25) is 4.79 Å². The quantitative estimate of drug-likeness (QED) is 0.690. The number of carbonyl (C=O) groups excluding carboxylic acids is 1. The van der Waals surface area contributed by atoms with Crippen LogP contribution in [0.4, 0.5) is 5.69 Å². The van der Waals surface area contributed by atoms with E-state index in [1.807, 2.05) is 56.0 Å². The summed E-state index contributed by atoms with van der Waals surface area (Å²) in [6, 6.07) is 9.86. The van der Waals surface area contributed by atoms with Crippen LogP contribution in [0, 0.1) is 5.92 Å². The zero-order chi connectivity index (χ0) is 11.3. The molecule has 82 valence electrons. The molecule has 1 aromatic carbocycles. The Kier molecular flexibility index (Phi) is 4.35. The van der Waals surface area contributed by atoms with Gasteiger partial charge in [0.2, 0.25) is 5.91 Å². The van der Waals surface area contributed by atoms with Gasteiger partial charge in [-0.1, -0.05) is 39.0 Å². The van der Waals surface area contributed by atoms with Gasteiger partial charge in [-0.05, 0) is 18.6 Å². The van der Waals surface area contributed by atoms with E-state index in [0.717, 1.165) is 18.7 Å². The summed E-state index contributed by atoms with van der Waals surface area (Å²) >= 11 is 0. The van der Waals surface area contributed by atoms with Gasteiger partial charge in [0.15, 0.2) is 0 Å². The Balaban J connectivity index is 0.000000531. The number of rotatable bonds is 1. The van der Waals surface area contributed by atoms with E-state index in [1.165, 1.54) is 0 Å². The number of anilines is 1. The molecule has 1 fully saturated rings. The minimum absolute atomic E-state index is 0.195. The lowest BCUT2D eigenvalue weighted by Gasteiger charge is -2.15. The molecule has 1 amide bonds. The standard InChI is InChI=1S/C11H13NO.C2H6/c1-9-7-8-12(11(9)13)10-5-3-2-4-6-10;1-2/h2-6,9H,7-8H2,1H3;1-2H3. The molecule has 0 bridgehead atoms. The average molecular weight is 205 g/mol. The second-order valence-corrected chi connectivity index (χ2v) is 3.52. The van der Waals surface area contributed by atoms with Gasteiger partial charge in [-0.15, -0.1) is 0 Å². The van der Waals surface area contributed by atoms with Crippen LogP contribution in [0.1, 0.15) is 27.2 Å². The first-order valence-electron chi connectivity index (χ1n) is 5.65. The molecule has 1 aromatic rings. The molecule has 2 rings (SSSR count). The molecule has 2 nitrogen and oxygen atoms in total. The summed E-state index contributed by atoms with van der Waals surface area (Å²) in [5.41, 5.74) is 1.02. The molecule has 0 saturated carbocycles. The van der Waals surface area contributed by atoms with Crippen LogP contribution in [0.2, 0.25) is 0 Å². The summed E-state index contributed by atoms with van der Waals surface area (Å²) in [6.45, 7) is 6.86. The minimum Gasteiger partial charge on any atom is -0.312 e. The van der Waals surface area contributed by atoms with Gasteiger partial charge in [-0.25, -0.2) is 0 Å². The zero-order valence-corrected chi connectivity index (χ0v) is 9.73. The van der Waals surface area contributed by atoms with Gasteiger partial charge in [0, 0.05) is 18.2 Å². The summed E-state index contributed by atoms with van der Waals surface area (Å²) in [7, 11) is 0. The van der Waals surface area contributed by atoms with Crippen LogP contribution >= 0.6 is 0 Å². The van der Waals surface area contributed by atoms with Gasteiger partial charge < -0.3 is 4.90 Å². The van der Waals surface area contributed by atoms with Gasteiger partial charge >= 0.3 is 0 Å². The third-order valence-electron chi connectivity index (χ3n) is 2.54. The topological polar surface area (TPSA) is 20.3 Å². The molecule has 0 aliphatic carbocycles. The first-order chi connectivity index (χ1) is 7.29. The number of hydrogen-bond donors (Lipinski definition) is 0. The van der Waals surface area contributed by atoms with Crippen LogP contribution in [0.5, 0.6) is 0 Å². The predicted molar refractivity (Wildman–Crippen MR) is 63.9 cm³/mol. The van der Waals surface area contributed by atoms with Crippen molar-refractivity contribution >= 4 is 11.6 Å². The number of para-hydroxylation sites is 1. The molecule has 1 atom stereocenters. The van der Waals surface area contributed by atoms with Crippen LogP contribution in [0.3, 0.4) is 0 Å². The van der Waals surface area contributed by atoms with Crippen molar-refractivity contribution in [2.75, 3.05) is 11.4 Å². The fraction of sp³-hybridized carbons (Fsp3) is 0.462. The normalized spacial score (nSPS) is 19.8. The highest BCUT2D eigenvalue weighted by Gasteiger charge is 2.28. The first-order valence-corrected chi connectivity index (χ1v) is 5.65. The van der Waals surface area contributed by atoms with E-state index in [0.29, 0.717) is 0 Å². The zero-order valence-electron chi connectivity index (χ0n) is 9.73. The molecule has 2 heteroatoms. The van der Waals surface area contributed by atoms with Crippen LogP contribution < -0.4 is 4.90 Å². The Bertz CT molecular complexity index is 308. The summed E-state index contributed by atoms with van der Waals surface area (Å²) in [5.74, 6) is 0.450. The summed E-state index contributed by atoms with van der Waals surface area (Å²) in [4.78, 5) is 13.5. The molecule has 0 radical (unpaired) electrons. The Hall–Kier alpha value is -1.31. The average Bonchev–Trinajstić information content (AvgIpc) is 2.64. The number of nitrogens with zero attached hydrogens (tertiary/aromatic N) is 1. The van der Waals surface area contributed by atoms with Crippen LogP contribution in [0.25, 0.3) is 0 Å². The molecule has 0 N–H and O–H groups in total. The lowest BCUT2D eigenvalue weighted by atomic mass is 10.1. The Morgan fingerprint density at radius 1 is 1.20 bits per heavy atom. The van der Waals surface area contributed by atoms with Crippen LogP contribution in [-0.2, 0) is 4.79 Å². The van der Waals surface area contributed by atoms with Crippen molar-refractivity contribution in [2.24, 2.45) is 5.92 Å². The highest BCUT2D eigenvalue weighted by molar-refractivity contribution is 5.96. The predicted octanol–water partition coefficient (Wildman–Crippen LogP) is 3.09. The number of amides is 1. The molecule has 15 heavy (non-hydrogen) atoms. The van der Waals surface area contributed by atoms with E-state index in [-0.39, 0.29) is 11.8 Å². The second-order valence-electron chi connectivity index (χ2n) is 3.52. The summed E-state index contributed by atoms with van der Waals surface area (Å²) in [5, 5.41) is 0. The fourth-order valence-electron chi connectivity index (χ4n) is 1.69. The van der Waals surface area contributed by atoms with Crippen molar-refractivity contribution in [3.8, 4) is 0 Å². The van der Waals surface area contributed by atoms with E-state index in [4.69, 9.17) is 0 Å². The third kappa shape index (κ3) is 2.58. The molecule has 1 saturated heterocycles. The highest BCUT2D eigenvalue weighted by Crippen LogP contribution is 2.23. The number of carbonyl (C=O) groups is 1. The van der Waals surface area contributed by atoms with Crippen LogP contribution in [-0.4, -0.2) is 12.5 Å². The largest absolute Gasteiger partial charge is 0.312 e. The van der Waals surface area contributed by atoms with E-state index in [9.17, 15) is 4.79 Å². The van der Waals surface area contributed by atoms with Crippen molar-refractivity contribution in [1.82, 2.24) is 0 Å². The molecule has 1 aliphatic heterocycles. The highest BCUT2D eigenvalue weighted by atomic mass is 16.2. The third-order valence-corrected chi connectivity index (χ3v) is 2.54. The van der Waals surface area contributed by atoms with Gasteiger partial charge in [0.1, 0.15) is 0 Å². The van der Waals surface area contributed by atoms with Gasteiger partial charge in [0.05, 0.1) is 0 Å². The number of benzene rings is 1. The fourth-order valence-corrected chi connectivity index (χ4v) is 1.69.